The highest BCUT2D eigenvalue weighted by Crippen LogP contribution is 2.20. The summed E-state index contributed by atoms with van der Waals surface area (Å²) in [6, 6.07) is 7.32. The van der Waals surface area contributed by atoms with Crippen molar-refractivity contribution in [3.8, 4) is 0 Å². The van der Waals surface area contributed by atoms with E-state index >= 15 is 0 Å². The van der Waals surface area contributed by atoms with E-state index in [1.807, 2.05) is 29.2 Å². The fraction of sp³-hybridized carbons (Fsp3) is 0.500. The molecule has 5 heteroatoms. The van der Waals surface area contributed by atoms with Crippen LogP contribution in [0.2, 0.25) is 0 Å². The quantitative estimate of drug-likeness (QED) is 0.876. The summed E-state index contributed by atoms with van der Waals surface area (Å²) in [7, 11) is 0. The minimum absolute atomic E-state index is 0.0682. The number of likely N-dealkylation sites (tertiary alicyclic amines) is 1. The van der Waals surface area contributed by atoms with Crippen LogP contribution in [0.3, 0.4) is 0 Å². The fourth-order valence-electron chi connectivity index (χ4n) is 2.61. The molecule has 1 heterocycles. The number of rotatable bonds is 5. The monoisotopic (exact) mass is 290 g/mol. The summed E-state index contributed by atoms with van der Waals surface area (Å²) in [5.74, 6) is -0.204. The Balaban J connectivity index is 1.91. The van der Waals surface area contributed by atoms with Crippen LogP contribution in [0.1, 0.15) is 31.7 Å². The summed E-state index contributed by atoms with van der Waals surface area (Å²) < 4.78 is 0. The van der Waals surface area contributed by atoms with E-state index in [0.29, 0.717) is 12.3 Å². The number of hydrogen-bond donors (Lipinski definition) is 2. The van der Waals surface area contributed by atoms with Gasteiger partial charge in [0.1, 0.15) is 0 Å². The highest BCUT2D eigenvalue weighted by atomic mass is 16.4. The van der Waals surface area contributed by atoms with Crippen molar-refractivity contribution in [2.45, 2.75) is 32.6 Å². The van der Waals surface area contributed by atoms with Crippen molar-refractivity contribution in [3.05, 3.63) is 29.8 Å². The first-order chi connectivity index (χ1) is 10.1. The Labute approximate surface area is 125 Å². The van der Waals surface area contributed by atoms with Crippen molar-refractivity contribution < 1.29 is 14.7 Å². The molecule has 1 fully saturated rings. The molecular formula is C16H22N2O3. The van der Waals surface area contributed by atoms with E-state index in [0.717, 1.165) is 37.2 Å². The minimum atomic E-state index is -0.813. The van der Waals surface area contributed by atoms with Gasteiger partial charge < -0.3 is 15.3 Å². The van der Waals surface area contributed by atoms with E-state index in [4.69, 9.17) is 5.11 Å². The molecule has 0 radical (unpaired) electrons. The zero-order valence-corrected chi connectivity index (χ0v) is 12.3. The minimum Gasteiger partial charge on any atom is -0.481 e. The predicted octanol–water partition coefficient (Wildman–Crippen LogP) is 2.97. The van der Waals surface area contributed by atoms with Crippen LogP contribution >= 0.6 is 0 Å². The maximum absolute atomic E-state index is 12.2. The van der Waals surface area contributed by atoms with Gasteiger partial charge in [-0.15, -0.1) is 0 Å². The maximum atomic E-state index is 12.2. The molecule has 2 amide bonds. The van der Waals surface area contributed by atoms with Gasteiger partial charge in [0.2, 0.25) is 0 Å². The van der Waals surface area contributed by atoms with Gasteiger partial charge in [-0.2, -0.15) is 0 Å². The van der Waals surface area contributed by atoms with Crippen molar-refractivity contribution >= 4 is 17.7 Å². The Bertz CT molecular complexity index is 516. The standard InChI is InChI=1S/C16H22N2O3/c1-2-12-8-9-18(11-12)16(21)17-14-5-3-4-13(10-14)6-7-15(19)20/h3-5,10,12H,2,6-9,11H2,1H3,(H,17,21)(H,19,20). The van der Waals surface area contributed by atoms with E-state index in [1.54, 1.807) is 0 Å². The predicted molar refractivity (Wildman–Crippen MR) is 81.4 cm³/mol. The Morgan fingerprint density at radius 1 is 1.43 bits per heavy atom. The Morgan fingerprint density at radius 2 is 2.24 bits per heavy atom. The molecule has 1 saturated heterocycles. The molecule has 1 atom stereocenters. The second kappa shape index (κ2) is 7.11. The lowest BCUT2D eigenvalue weighted by molar-refractivity contribution is -0.136. The van der Waals surface area contributed by atoms with Crippen LogP contribution in [0.15, 0.2) is 24.3 Å². The highest BCUT2D eigenvalue weighted by Gasteiger charge is 2.24. The summed E-state index contributed by atoms with van der Waals surface area (Å²) in [5.41, 5.74) is 1.64. The molecule has 0 aromatic heterocycles. The van der Waals surface area contributed by atoms with E-state index in [9.17, 15) is 9.59 Å². The second-order valence-corrected chi connectivity index (χ2v) is 5.53. The molecule has 1 aliphatic heterocycles. The van der Waals surface area contributed by atoms with Crippen LogP contribution in [-0.4, -0.2) is 35.1 Å². The van der Waals surface area contributed by atoms with Crippen molar-refractivity contribution in [2.75, 3.05) is 18.4 Å². The molecule has 0 aliphatic carbocycles. The molecule has 114 valence electrons. The van der Waals surface area contributed by atoms with E-state index in [1.165, 1.54) is 0 Å². The van der Waals surface area contributed by atoms with Gasteiger partial charge in [-0.1, -0.05) is 25.5 Å². The zero-order valence-electron chi connectivity index (χ0n) is 12.3. The van der Waals surface area contributed by atoms with Crippen LogP contribution in [0, 0.1) is 5.92 Å². The first kappa shape index (κ1) is 15.4. The van der Waals surface area contributed by atoms with Crippen molar-refractivity contribution in [3.63, 3.8) is 0 Å². The molecule has 2 N–H and O–H groups in total. The third kappa shape index (κ3) is 4.48. The van der Waals surface area contributed by atoms with Gasteiger partial charge in [0.15, 0.2) is 0 Å². The molecule has 5 nitrogen and oxygen atoms in total. The van der Waals surface area contributed by atoms with E-state index in [-0.39, 0.29) is 12.5 Å². The van der Waals surface area contributed by atoms with Crippen LogP contribution in [0.25, 0.3) is 0 Å². The lowest BCUT2D eigenvalue weighted by atomic mass is 10.1. The number of carboxylic acid groups (broad SMARTS) is 1. The number of nitrogens with zero attached hydrogens (tertiary/aromatic N) is 1. The van der Waals surface area contributed by atoms with Crippen molar-refractivity contribution in [1.82, 2.24) is 4.90 Å². The van der Waals surface area contributed by atoms with Gasteiger partial charge in [-0.3, -0.25) is 4.79 Å². The molecule has 1 aromatic rings. The number of anilines is 1. The summed E-state index contributed by atoms with van der Waals surface area (Å²) in [6.45, 7) is 3.78. The van der Waals surface area contributed by atoms with Crippen molar-refractivity contribution in [2.24, 2.45) is 5.92 Å². The average Bonchev–Trinajstić information content (AvgIpc) is 2.94. The van der Waals surface area contributed by atoms with Crippen LogP contribution in [0.5, 0.6) is 0 Å². The van der Waals surface area contributed by atoms with Gasteiger partial charge in [-0.25, -0.2) is 4.79 Å². The van der Waals surface area contributed by atoms with Gasteiger partial charge in [0.05, 0.1) is 0 Å². The molecular weight excluding hydrogens is 268 g/mol. The molecule has 1 unspecified atom stereocenters. The Hall–Kier alpha value is -2.04. The maximum Gasteiger partial charge on any atom is 0.321 e. The molecule has 2 rings (SSSR count). The Kier molecular flexibility index (Phi) is 5.20. The number of amides is 2. The molecule has 0 spiro atoms. The number of benzene rings is 1. The summed E-state index contributed by atoms with van der Waals surface area (Å²) in [6.07, 6.45) is 2.75. The van der Waals surface area contributed by atoms with Gasteiger partial charge in [0, 0.05) is 25.2 Å². The summed E-state index contributed by atoms with van der Waals surface area (Å²) >= 11 is 0. The summed E-state index contributed by atoms with van der Waals surface area (Å²) in [5, 5.41) is 11.6. The molecule has 21 heavy (non-hydrogen) atoms. The van der Waals surface area contributed by atoms with Crippen LogP contribution < -0.4 is 5.32 Å². The summed E-state index contributed by atoms with van der Waals surface area (Å²) in [4.78, 5) is 24.6. The molecule has 1 aliphatic rings. The van der Waals surface area contributed by atoms with E-state index in [2.05, 4.69) is 12.2 Å². The number of carbonyl (C=O) groups is 2. The number of urea groups is 1. The number of hydrogen-bond acceptors (Lipinski definition) is 2. The number of aliphatic carboxylic acids is 1. The second-order valence-electron chi connectivity index (χ2n) is 5.53. The van der Waals surface area contributed by atoms with Crippen molar-refractivity contribution in [1.29, 1.82) is 0 Å². The first-order valence-corrected chi connectivity index (χ1v) is 7.45. The van der Waals surface area contributed by atoms with Crippen LogP contribution in [-0.2, 0) is 11.2 Å². The van der Waals surface area contributed by atoms with Gasteiger partial charge >= 0.3 is 12.0 Å². The van der Waals surface area contributed by atoms with Gasteiger partial charge in [0.25, 0.3) is 0 Å². The number of nitrogens with one attached hydrogen (secondary N) is 1. The topological polar surface area (TPSA) is 69.6 Å². The molecule has 1 aromatic carbocycles. The highest BCUT2D eigenvalue weighted by molar-refractivity contribution is 5.89. The first-order valence-electron chi connectivity index (χ1n) is 7.45. The Morgan fingerprint density at radius 3 is 2.90 bits per heavy atom. The number of aryl methyl sites for hydroxylation is 1. The lowest BCUT2D eigenvalue weighted by Gasteiger charge is -2.17. The molecule has 0 saturated carbocycles. The lowest BCUT2D eigenvalue weighted by Crippen LogP contribution is -2.32. The third-order valence-corrected chi connectivity index (χ3v) is 3.96. The smallest absolute Gasteiger partial charge is 0.321 e. The molecule has 0 bridgehead atoms. The fourth-order valence-corrected chi connectivity index (χ4v) is 2.61. The largest absolute Gasteiger partial charge is 0.481 e. The number of carboxylic acids is 1. The zero-order chi connectivity index (χ0) is 15.2. The average molecular weight is 290 g/mol. The SMILES string of the molecule is CCC1CCN(C(=O)Nc2cccc(CCC(=O)O)c2)C1. The number of carbonyl (C=O) groups excluding carboxylic acids is 1. The normalized spacial score (nSPS) is 17.8. The third-order valence-electron chi connectivity index (χ3n) is 3.96. The van der Waals surface area contributed by atoms with Crippen LogP contribution in [0.4, 0.5) is 10.5 Å². The van der Waals surface area contributed by atoms with Gasteiger partial charge in [-0.05, 0) is 36.5 Å². The van der Waals surface area contributed by atoms with E-state index < -0.39 is 5.97 Å².